The summed E-state index contributed by atoms with van der Waals surface area (Å²) in [5.41, 5.74) is 7.78. The Bertz CT molecular complexity index is 2870. The zero-order valence-corrected chi connectivity index (χ0v) is 45.5. The molecule has 0 radical (unpaired) electrons. The Morgan fingerprint density at radius 3 is 1.32 bits per heavy atom. The largest absolute Gasteiger partial charge is 0.471 e. The molecule has 4 aliphatic heterocycles. The van der Waals surface area contributed by atoms with Crippen LogP contribution in [0.4, 0.5) is 42.9 Å². The summed E-state index contributed by atoms with van der Waals surface area (Å²) in [5.74, 6) is -3.32. The number of carbonyl (C=O) groups is 5. The first kappa shape index (κ1) is 58.9. The van der Waals surface area contributed by atoms with Gasteiger partial charge in [-0.05, 0) is 124 Å². The number of amides is 5. The molecule has 4 aliphatic rings. The zero-order valence-electron chi connectivity index (χ0n) is 44.0. The molecule has 0 aromatic heterocycles. The summed E-state index contributed by atoms with van der Waals surface area (Å²) in [6.07, 6.45) is -0.204. The van der Waals surface area contributed by atoms with Crippen molar-refractivity contribution < 1.29 is 55.4 Å². The van der Waals surface area contributed by atoms with Crippen molar-refractivity contribution in [3.8, 4) is 0 Å². The molecule has 4 fully saturated rings. The number of piperazine rings is 4. The van der Waals surface area contributed by atoms with Gasteiger partial charge < -0.3 is 40.1 Å². The van der Waals surface area contributed by atoms with Crippen molar-refractivity contribution in [2.45, 2.75) is 96.2 Å². The molecule has 0 spiro atoms. The molecule has 0 aliphatic carbocycles. The molecule has 5 amide bonds. The molecule has 22 heteroatoms. The van der Waals surface area contributed by atoms with Crippen molar-refractivity contribution in [1.82, 2.24) is 29.4 Å². The normalized spacial score (nSPS) is 20.1. The lowest BCUT2D eigenvalue weighted by Gasteiger charge is -2.52. The average Bonchev–Trinajstić information content (AvgIpc) is 3.39. The first-order valence-electron chi connectivity index (χ1n) is 25.2. The number of hydrogen-bond acceptors (Lipinski definition) is 10. The van der Waals surface area contributed by atoms with Crippen molar-refractivity contribution in [1.29, 1.82) is 0 Å². The number of nitrogens with one attached hydrogen (secondary N) is 1. The molecule has 4 atom stereocenters. The first-order chi connectivity index (χ1) is 36.6. The van der Waals surface area contributed by atoms with Crippen LogP contribution in [0.3, 0.4) is 0 Å². The van der Waals surface area contributed by atoms with Gasteiger partial charge in [0.25, 0.3) is 0 Å². The van der Waals surface area contributed by atoms with Gasteiger partial charge in [0.2, 0.25) is 11.8 Å². The summed E-state index contributed by atoms with van der Waals surface area (Å²) in [5, 5.41) is 2.43. The molecule has 8 rings (SSSR count). The molecular formula is C56H63Cl2F5N8O7. The fourth-order valence-electron chi connectivity index (χ4n) is 9.83. The van der Waals surface area contributed by atoms with Crippen LogP contribution in [0.5, 0.6) is 0 Å². The third-order valence-electron chi connectivity index (χ3n) is 13.0. The van der Waals surface area contributed by atoms with Crippen LogP contribution in [-0.4, -0.2) is 153 Å². The topological polar surface area (TPSA) is 161 Å². The Morgan fingerprint density at radius 2 is 0.949 bits per heavy atom. The molecule has 4 aromatic rings. The molecule has 4 heterocycles. The van der Waals surface area contributed by atoms with Gasteiger partial charge >= 0.3 is 24.3 Å². The van der Waals surface area contributed by atoms with Gasteiger partial charge in [0.05, 0.1) is 24.2 Å². The number of nitrogen functional groups attached to an aromatic ring is 1. The quantitative estimate of drug-likeness (QED) is 0.0938. The van der Waals surface area contributed by atoms with E-state index in [-0.39, 0.29) is 65.1 Å². The molecule has 4 aromatic carbocycles. The van der Waals surface area contributed by atoms with Crippen LogP contribution in [0.15, 0.2) is 97.1 Å². The number of alkyl halides is 3. The number of fused-ring (bicyclic) bond motifs is 4. The summed E-state index contributed by atoms with van der Waals surface area (Å²) in [6.45, 7) is 15.1. The molecule has 15 nitrogen and oxygen atoms in total. The fourth-order valence-corrected chi connectivity index (χ4v) is 10.2. The highest BCUT2D eigenvalue weighted by molar-refractivity contribution is 6.31. The fraction of sp³-hybridized carbons (Fsp3) is 0.411. The minimum atomic E-state index is -5.11. The highest BCUT2D eigenvalue weighted by Gasteiger charge is 2.46. The monoisotopic (exact) mass is 1120 g/mol. The van der Waals surface area contributed by atoms with E-state index in [2.05, 4.69) is 9.80 Å². The Balaban J connectivity index is 0.000000229. The van der Waals surface area contributed by atoms with E-state index in [1.165, 1.54) is 54.6 Å². The summed E-state index contributed by atoms with van der Waals surface area (Å²) in [6, 6.07) is 20.5. The maximum absolute atomic E-state index is 13.5. The highest BCUT2D eigenvalue weighted by atomic mass is 35.5. The van der Waals surface area contributed by atoms with Crippen LogP contribution in [0.2, 0.25) is 10.0 Å². The van der Waals surface area contributed by atoms with Crippen LogP contribution in [-0.2, 0) is 36.9 Å². The number of nitrogens with zero attached hydrogens (tertiary/aromatic N) is 6. The van der Waals surface area contributed by atoms with Gasteiger partial charge in [-0.3, -0.25) is 24.2 Å². The summed E-state index contributed by atoms with van der Waals surface area (Å²) < 4.78 is 76.4. The number of rotatable bonds is 9. The van der Waals surface area contributed by atoms with Crippen molar-refractivity contribution in [2.24, 2.45) is 0 Å². The van der Waals surface area contributed by atoms with Crippen molar-refractivity contribution in [3.63, 3.8) is 0 Å². The maximum atomic E-state index is 13.5. The van der Waals surface area contributed by atoms with Crippen LogP contribution in [0.1, 0.15) is 63.8 Å². The van der Waals surface area contributed by atoms with Gasteiger partial charge in [-0.2, -0.15) is 13.2 Å². The lowest BCUT2D eigenvalue weighted by Crippen LogP contribution is -2.70. The van der Waals surface area contributed by atoms with E-state index in [1.54, 1.807) is 89.3 Å². The number of hydrogen-bond donors (Lipinski definition) is 2. The van der Waals surface area contributed by atoms with Crippen molar-refractivity contribution in [3.05, 3.63) is 141 Å². The van der Waals surface area contributed by atoms with E-state index in [9.17, 15) is 45.9 Å². The van der Waals surface area contributed by atoms with Crippen LogP contribution in [0, 0.1) is 11.6 Å². The Labute approximate surface area is 460 Å². The molecule has 418 valence electrons. The van der Waals surface area contributed by atoms with E-state index in [0.717, 1.165) is 17.2 Å². The number of benzene rings is 4. The average molecular weight is 1130 g/mol. The smallest absolute Gasteiger partial charge is 0.444 e. The van der Waals surface area contributed by atoms with Crippen LogP contribution >= 0.6 is 23.2 Å². The summed E-state index contributed by atoms with van der Waals surface area (Å²) in [7, 11) is 0. The minimum absolute atomic E-state index is 0.102. The molecule has 4 saturated heterocycles. The van der Waals surface area contributed by atoms with Gasteiger partial charge in [0, 0.05) is 99.0 Å². The first-order valence-corrected chi connectivity index (χ1v) is 26.0. The zero-order chi connectivity index (χ0) is 56.9. The Hall–Kier alpha value is -6.74. The van der Waals surface area contributed by atoms with Gasteiger partial charge in [0.15, 0.2) is 0 Å². The maximum Gasteiger partial charge on any atom is 0.471 e. The van der Waals surface area contributed by atoms with Crippen LogP contribution in [0.25, 0.3) is 12.2 Å². The molecule has 4 unspecified atom stereocenters. The third kappa shape index (κ3) is 16.2. The van der Waals surface area contributed by atoms with Gasteiger partial charge in [0.1, 0.15) is 22.8 Å². The number of nitrogens with two attached hydrogens (primary N) is 1. The second kappa shape index (κ2) is 24.5. The van der Waals surface area contributed by atoms with E-state index >= 15 is 0 Å². The second-order valence-electron chi connectivity index (χ2n) is 21.6. The van der Waals surface area contributed by atoms with E-state index in [4.69, 9.17) is 38.4 Å². The van der Waals surface area contributed by atoms with Crippen molar-refractivity contribution in [2.75, 3.05) is 63.4 Å². The Kier molecular flexibility index (Phi) is 18.5. The van der Waals surface area contributed by atoms with Gasteiger partial charge in [-0.25, -0.2) is 18.4 Å². The molecule has 0 saturated carbocycles. The molecule has 78 heavy (non-hydrogen) atoms. The number of anilines is 2. The highest BCUT2D eigenvalue weighted by Crippen LogP contribution is 2.31. The predicted octanol–water partition coefficient (Wildman–Crippen LogP) is 9.73. The third-order valence-corrected chi connectivity index (χ3v) is 13.5. The summed E-state index contributed by atoms with van der Waals surface area (Å²) >= 11 is 11.9. The summed E-state index contributed by atoms with van der Waals surface area (Å²) in [4.78, 5) is 75.2. The second-order valence-corrected chi connectivity index (χ2v) is 22.5. The Morgan fingerprint density at radius 1 is 0.577 bits per heavy atom. The lowest BCUT2D eigenvalue weighted by atomic mass is 9.99. The van der Waals surface area contributed by atoms with Gasteiger partial charge in [-0.15, -0.1) is 0 Å². The predicted molar refractivity (Wildman–Crippen MR) is 288 cm³/mol. The lowest BCUT2D eigenvalue weighted by molar-refractivity contribution is -0.167. The standard InChI is InChI=1S/C29H31ClF4N4O4.C27H32ClFN4O3/c1-28(2,3)42-27(41)37-16-22-14-36(13-18-4-9-21(31)10-5-18)15-23(17-37)38(22)25(39)11-7-19-6-8-20(30)12-24(19)35-26(40)29(32,33)34;1-27(2,3)36-26(35)32-16-22-14-31(13-18-4-9-21(29)10-5-18)15-23(17-32)33(22)25(34)11-7-19-6-8-20(28)12-24(19)30/h4-12,22-23H,13-17H2,1-3H3,(H,35,40);4-12,22-23H,13-17,30H2,1-3H3/b2*11-7+. The molecule has 4 bridgehead atoms. The van der Waals surface area contributed by atoms with Crippen molar-refractivity contribution >= 4 is 76.6 Å². The van der Waals surface area contributed by atoms with E-state index < -0.39 is 47.4 Å². The number of carbonyl (C=O) groups excluding carboxylic acids is 5. The number of halogens is 7. The van der Waals surface area contributed by atoms with E-state index in [1.807, 2.05) is 25.7 Å². The molecule has 3 N–H and O–H groups in total. The van der Waals surface area contributed by atoms with Crippen LogP contribution < -0.4 is 11.1 Å². The van der Waals surface area contributed by atoms with Gasteiger partial charge in [-0.1, -0.05) is 59.6 Å². The van der Waals surface area contributed by atoms with E-state index in [0.29, 0.717) is 68.6 Å². The SMILES string of the molecule is CC(C)(C)OC(=O)N1CC2CN(Cc3ccc(F)cc3)CC(C1)N2C(=O)/C=C/c1ccc(Cl)cc1N.CC(C)(C)OC(=O)N1CC2CN(Cc3ccc(F)cc3)CC(C1)N2C(=O)/C=C/c1ccc(Cl)cc1NC(=O)C(F)(F)F. The number of ether oxygens (including phenoxy) is 2. The minimum Gasteiger partial charge on any atom is -0.444 e. The molecular weight excluding hydrogens is 1060 g/mol.